The maximum atomic E-state index is 6.11. The van der Waals surface area contributed by atoms with Crippen molar-refractivity contribution in [2.45, 2.75) is 31.3 Å². The molecule has 1 aliphatic carbocycles. The van der Waals surface area contributed by atoms with Crippen LogP contribution in [0.25, 0.3) is 0 Å². The lowest BCUT2D eigenvalue weighted by atomic mass is 9.78. The SMILES string of the molecule is NC1(CNCc2ccc(Cl)cc2)CCC1. The number of nitrogens with one attached hydrogen (secondary N) is 1. The van der Waals surface area contributed by atoms with Gasteiger partial charge in [-0.1, -0.05) is 23.7 Å². The molecule has 1 aromatic rings. The number of hydrogen-bond acceptors (Lipinski definition) is 2. The van der Waals surface area contributed by atoms with E-state index < -0.39 is 0 Å². The van der Waals surface area contributed by atoms with Crippen LogP contribution in [-0.2, 0) is 6.54 Å². The quantitative estimate of drug-likeness (QED) is 0.824. The first-order valence-corrected chi connectivity index (χ1v) is 5.80. The van der Waals surface area contributed by atoms with Crippen LogP contribution in [-0.4, -0.2) is 12.1 Å². The zero-order chi connectivity index (χ0) is 10.7. The molecule has 0 heterocycles. The molecular weight excluding hydrogens is 208 g/mol. The Labute approximate surface area is 95.8 Å². The Morgan fingerprint density at radius 2 is 1.93 bits per heavy atom. The van der Waals surface area contributed by atoms with Crippen molar-refractivity contribution in [3.63, 3.8) is 0 Å². The summed E-state index contributed by atoms with van der Waals surface area (Å²) in [7, 11) is 0. The minimum absolute atomic E-state index is 0.0619. The average molecular weight is 225 g/mol. The van der Waals surface area contributed by atoms with Crippen LogP contribution in [0, 0.1) is 0 Å². The molecular formula is C12H17ClN2. The first kappa shape index (κ1) is 10.9. The van der Waals surface area contributed by atoms with Gasteiger partial charge in [0, 0.05) is 23.7 Å². The van der Waals surface area contributed by atoms with E-state index in [-0.39, 0.29) is 5.54 Å². The predicted octanol–water partition coefficient (Wildman–Crippen LogP) is 2.31. The highest BCUT2D eigenvalue weighted by Crippen LogP contribution is 2.28. The van der Waals surface area contributed by atoms with Crippen molar-refractivity contribution in [1.29, 1.82) is 0 Å². The predicted molar refractivity (Wildman–Crippen MR) is 63.9 cm³/mol. The van der Waals surface area contributed by atoms with Gasteiger partial charge in [0.15, 0.2) is 0 Å². The molecule has 0 aromatic heterocycles. The number of halogens is 1. The van der Waals surface area contributed by atoms with Gasteiger partial charge in [0.25, 0.3) is 0 Å². The first-order valence-electron chi connectivity index (χ1n) is 5.42. The van der Waals surface area contributed by atoms with Crippen LogP contribution in [0.5, 0.6) is 0 Å². The Hall–Kier alpha value is -0.570. The van der Waals surface area contributed by atoms with E-state index in [2.05, 4.69) is 5.32 Å². The molecule has 0 spiro atoms. The smallest absolute Gasteiger partial charge is 0.0406 e. The largest absolute Gasteiger partial charge is 0.324 e. The van der Waals surface area contributed by atoms with Crippen molar-refractivity contribution < 1.29 is 0 Å². The molecule has 0 unspecified atom stereocenters. The first-order chi connectivity index (χ1) is 7.18. The summed E-state index contributed by atoms with van der Waals surface area (Å²) in [4.78, 5) is 0. The molecule has 1 aliphatic rings. The van der Waals surface area contributed by atoms with Gasteiger partial charge in [0.05, 0.1) is 0 Å². The molecule has 82 valence electrons. The highest BCUT2D eigenvalue weighted by Gasteiger charge is 2.31. The summed E-state index contributed by atoms with van der Waals surface area (Å²) in [6.45, 7) is 1.78. The lowest BCUT2D eigenvalue weighted by Gasteiger charge is -2.38. The van der Waals surface area contributed by atoms with E-state index >= 15 is 0 Å². The molecule has 0 bridgehead atoms. The third-order valence-corrected chi connectivity index (χ3v) is 3.32. The molecule has 0 atom stereocenters. The van der Waals surface area contributed by atoms with E-state index in [0.29, 0.717) is 0 Å². The molecule has 2 nitrogen and oxygen atoms in total. The fourth-order valence-corrected chi connectivity index (χ4v) is 1.99. The van der Waals surface area contributed by atoms with Crippen molar-refractivity contribution in [1.82, 2.24) is 5.32 Å². The highest BCUT2D eigenvalue weighted by atomic mass is 35.5. The number of rotatable bonds is 4. The van der Waals surface area contributed by atoms with Gasteiger partial charge in [-0.25, -0.2) is 0 Å². The van der Waals surface area contributed by atoms with Crippen LogP contribution >= 0.6 is 11.6 Å². The van der Waals surface area contributed by atoms with Crippen molar-refractivity contribution >= 4 is 11.6 Å². The maximum Gasteiger partial charge on any atom is 0.0406 e. The van der Waals surface area contributed by atoms with Crippen LogP contribution in [0.1, 0.15) is 24.8 Å². The standard InChI is InChI=1S/C12H17ClN2/c13-11-4-2-10(3-5-11)8-15-9-12(14)6-1-7-12/h2-5,15H,1,6-9,14H2. The van der Waals surface area contributed by atoms with Crippen molar-refractivity contribution in [3.05, 3.63) is 34.9 Å². The second-order valence-corrected chi connectivity index (χ2v) is 4.88. The molecule has 15 heavy (non-hydrogen) atoms. The summed E-state index contributed by atoms with van der Waals surface area (Å²) in [6.07, 6.45) is 3.58. The normalized spacial score (nSPS) is 18.5. The molecule has 1 aromatic carbocycles. The molecule has 2 rings (SSSR count). The molecule has 0 aliphatic heterocycles. The third-order valence-electron chi connectivity index (χ3n) is 3.07. The van der Waals surface area contributed by atoms with Crippen LogP contribution in [0.2, 0.25) is 5.02 Å². The average Bonchev–Trinajstić information content (AvgIpc) is 2.19. The monoisotopic (exact) mass is 224 g/mol. The van der Waals surface area contributed by atoms with Gasteiger partial charge in [0.2, 0.25) is 0 Å². The van der Waals surface area contributed by atoms with Crippen LogP contribution in [0.4, 0.5) is 0 Å². The minimum Gasteiger partial charge on any atom is -0.324 e. The second-order valence-electron chi connectivity index (χ2n) is 4.45. The fourth-order valence-electron chi connectivity index (χ4n) is 1.87. The molecule has 3 heteroatoms. The molecule has 0 amide bonds. The molecule has 1 saturated carbocycles. The Morgan fingerprint density at radius 1 is 1.27 bits per heavy atom. The summed E-state index contributed by atoms with van der Waals surface area (Å²) >= 11 is 5.81. The Bertz CT molecular complexity index is 317. The van der Waals surface area contributed by atoms with Gasteiger partial charge >= 0.3 is 0 Å². The van der Waals surface area contributed by atoms with Crippen molar-refractivity contribution in [3.8, 4) is 0 Å². The summed E-state index contributed by atoms with van der Waals surface area (Å²) in [5.41, 5.74) is 7.42. The molecule has 0 radical (unpaired) electrons. The number of nitrogens with two attached hydrogens (primary N) is 1. The Morgan fingerprint density at radius 3 is 2.47 bits per heavy atom. The topological polar surface area (TPSA) is 38.0 Å². The summed E-state index contributed by atoms with van der Waals surface area (Å²) in [6, 6.07) is 7.92. The van der Waals surface area contributed by atoms with Crippen LogP contribution in [0.15, 0.2) is 24.3 Å². The summed E-state index contributed by atoms with van der Waals surface area (Å²) in [5.74, 6) is 0. The van der Waals surface area contributed by atoms with E-state index in [1.807, 2.05) is 24.3 Å². The Balaban J connectivity index is 1.76. The van der Waals surface area contributed by atoms with Crippen LogP contribution < -0.4 is 11.1 Å². The second kappa shape index (κ2) is 4.52. The van der Waals surface area contributed by atoms with Crippen molar-refractivity contribution in [2.75, 3.05) is 6.54 Å². The number of hydrogen-bond donors (Lipinski definition) is 2. The van der Waals surface area contributed by atoms with Crippen molar-refractivity contribution in [2.24, 2.45) is 5.73 Å². The summed E-state index contributed by atoms with van der Waals surface area (Å²) in [5, 5.41) is 4.18. The van der Waals surface area contributed by atoms with Gasteiger partial charge in [-0.05, 0) is 37.0 Å². The van der Waals surface area contributed by atoms with E-state index in [9.17, 15) is 0 Å². The number of benzene rings is 1. The minimum atomic E-state index is 0.0619. The molecule has 0 saturated heterocycles. The third kappa shape index (κ3) is 2.94. The zero-order valence-electron chi connectivity index (χ0n) is 8.80. The maximum absolute atomic E-state index is 6.11. The van der Waals surface area contributed by atoms with Gasteiger partial charge < -0.3 is 11.1 Å². The Kier molecular flexibility index (Phi) is 3.29. The van der Waals surface area contributed by atoms with E-state index in [4.69, 9.17) is 17.3 Å². The van der Waals surface area contributed by atoms with E-state index in [1.54, 1.807) is 0 Å². The van der Waals surface area contributed by atoms with Gasteiger partial charge in [-0.15, -0.1) is 0 Å². The highest BCUT2D eigenvalue weighted by molar-refractivity contribution is 6.30. The fraction of sp³-hybridized carbons (Fsp3) is 0.500. The van der Waals surface area contributed by atoms with E-state index in [1.165, 1.54) is 12.0 Å². The van der Waals surface area contributed by atoms with E-state index in [0.717, 1.165) is 31.0 Å². The summed E-state index contributed by atoms with van der Waals surface area (Å²) < 4.78 is 0. The lowest BCUT2D eigenvalue weighted by Crippen LogP contribution is -2.53. The van der Waals surface area contributed by atoms with Gasteiger partial charge in [-0.2, -0.15) is 0 Å². The lowest BCUT2D eigenvalue weighted by molar-refractivity contribution is 0.239. The molecule has 1 fully saturated rings. The zero-order valence-corrected chi connectivity index (χ0v) is 9.56. The molecule has 3 N–H and O–H groups in total. The van der Waals surface area contributed by atoms with Gasteiger partial charge in [0.1, 0.15) is 0 Å². The van der Waals surface area contributed by atoms with Gasteiger partial charge in [-0.3, -0.25) is 0 Å². The van der Waals surface area contributed by atoms with Crippen LogP contribution in [0.3, 0.4) is 0 Å².